The van der Waals surface area contributed by atoms with Gasteiger partial charge in [-0.05, 0) is 56.1 Å². The predicted octanol–water partition coefficient (Wildman–Crippen LogP) is 3.87. The first-order valence-corrected chi connectivity index (χ1v) is 11.3. The molecule has 0 radical (unpaired) electrons. The van der Waals surface area contributed by atoms with E-state index in [0.29, 0.717) is 24.5 Å². The molecule has 7 heteroatoms. The molecule has 1 aliphatic rings. The quantitative estimate of drug-likeness (QED) is 0.512. The molecule has 1 aromatic heterocycles. The number of fused-ring (bicyclic) bond motifs is 1. The Morgan fingerprint density at radius 3 is 2.59 bits per heavy atom. The van der Waals surface area contributed by atoms with Gasteiger partial charge in [-0.2, -0.15) is 0 Å². The van der Waals surface area contributed by atoms with Gasteiger partial charge in [0, 0.05) is 19.6 Å². The first-order valence-electron chi connectivity index (χ1n) is 11.3. The zero-order chi connectivity index (χ0) is 22.3. The highest BCUT2D eigenvalue weighted by molar-refractivity contribution is 6.01. The van der Waals surface area contributed by atoms with Crippen molar-refractivity contribution in [3.05, 3.63) is 59.0 Å². The van der Waals surface area contributed by atoms with Crippen molar-refractivity contribution in [1.29, 1.82) is 0 Å². The molecule has 1 aliphatic heterocycles. The SMILES string of the molecule is Cc1noc(C)c1COc1cc2ccccc2cc1C(=O)NCCCCN1CCOCC1. The van der Waals surface area contributed by atoms with Crippen LogP contribution in [0.1, 0.15) is 40.2 Å². The van der Waals surface area contributed by atoms with E-state index in [1.54, 1.807) is 0 Å². The van der Waals surface area contributed by atoms with Crippen molar-refractivity contribution in [3.8, 4) is 5.75 Å². The largest absolute Gasteiger partial charge is 0.488 e. The number of nitrogens with zero attached hydrogens (tertiary/aromatic N) is 2. The van der Waals surface area contributed by atoms with Crippen molar-refractivity contribution in [3.63, 3.8) is 0 Å². The molecule has 2 aromatic carbocycles. The molecule has 0 aliphatic carbocycles. The van der Waals surface area contributed by atoms with Gasteiger partial charge in [0.15, 0.2) is 0 Å². The molecule has 7 nitrogen and oxygen atoms in total. The first-order chi connectivity index (χ1) is 15.6. The average molecular weight is 438 g/mol. The van der Waals surface area contributed by atoms with E-state index in [1.165, 1.54) is 0 Å². The van der Waals surface area contributed by atoms with Gasteiger partial charge in [-0.15, -0.1) is 0 Å². The van der Waals surface area contributed by atoms with Crippen molar-refractivity contribution in [2.24, 2.45) is 0 Å². The summed E-state index contributed by atoms with van der Waals surface area (Å²) in [6.45, 7) is 9.36. The van der Waals surface area contributed by atoms with Crippen LogP contribution in [0.5, 0.6) is 5.75 Å². The molecule has 0 unspecified atom stereocenters. The minimum absolute atomic E-state index is 0.115. The number of aryl methyl sites for hydroxylation is 2. The fourth-order valence-electron chi connectivity index (χ4n) is 3.96. The van der Waals surface area contributed by atoms with Crippen molar-refractivity contribution in [1.82, 2.24) is 15.4 Å². The van der Waals surface area contributed by atoms with E-state index in [0.717, 1.165) is 73.5 Å². The van der Waals surface area contributed by atoms with E-state index in [4.69, 9.17) is 14.0 Å². The smallest absolute Gasteiger partial charge is 0.255 e. The van der Waals surface area contributed by atoms with Crippen LogP contribution < -0.4 is 10.1 Å². The third-order valence-corrected chi connectivity index (χ3v) is 5.94. The molecule has 2 heterocycles. The molecule has 0 spiro atoms. The average Bonchev–Trinajstić information content (AvgIpc) is 3.14. The van der Waals surface area contributed by atoms with Crippen LogP contribution in [0.2, 0.25) is 0 Å². The Morgan fingerprint density at radius 1 is 1.12 bits per heavy atom. The van der Waals surface area contributed by atoms with Gasteiger partial charge in [0.1, 0.15) is 18.1 Å². The van der Waals surface area contributed by atoms with Gasteiger partial charge in [-0.25, -0.2) is 0 Å². The number of hydrogen-bond acceptors (Lipinski definition) is 6. The lowest BCUT2D eigenvalue weighted by Gasteiger charge is -2.26. The van der Waals surface area contributed by atoms with E-state index in [9.17, 15) is 4.79 Å². The summed E-state index contributed by atoms with van der Waals surface area (Å²) in [5.74, 6) is 1.18. The molecular weight excluding hydrogens is 406 g/mol. The summed E-state index contributed by atoms with van der Waals surface area (Å²) in [6, 6.07) is 11.8. The Labute approximate surface area is 188 Å². The summed E-state index contributed by atoms with van der Waals surface area (Å²) >= 11 is 0. The number of aromatic nitrogens is 1. The molecular formula is C25H31N3O4. The van der Waals surface area contributed by atoms with Crippen molar-refractivity contribution in [2.75, 3.05) is 39.4 Å². The van der Waals surface area contributed by atoms with Gasteiger partial charge in [-0.3, -0.25) is 9.69 Å². The Hall–Kier alpha value is -2.90. The van der Waals surface area contributed by atoms with Crippen LogP contribution in [0, 0.1) is 13.8 Å². The van der Waals surface area contributed by atoms with Crippen LogP contribution in [0.3, 0.4) is 0 Å². The third-order valence-electron chi connectivity index (χ3n) is 5.94. The molecule has 32 heavy (non-hydrogen) atoms. The van der Waals surface area contributed by atoms with Crippen LogP contribution >= 0.6 is 0 Å². The lowest BCUT2D eigenvalue weighted by Crippen LogP contribution is -2.37. The standard InChI is InChI=1S/C25H31N3O4/c1-18-23(19(2)32-27-18)17-31-24-16-21-8-4-3-7-20(21)15-22(24)25(29)26-9-5-6-10-28-11-13-30-14-12-28/h3-4,7-8,15-16H,5-6,9-14,17H2,1-2H3,(H,26,29). The fraction of sp³-hybridized carbons (Fsp3) is 0.440. The molecule has 4 rings (SSSR count). The maximum Gasteiger partial charge on any atom is 0.255 e. The highest BCUT2D eigenvalue weighted by Gasteiger charge is 2.17. The monoisotopic (exact) mass is 437 g/mol. The lowest BCUT2D eigenvalue weighted by atomic mass is 10.0. The normalized spacial score (nSPS) is 14.6. The zero-order valence-electron chi connectivity index (χ0n) is 18.9. The summed E-state index contributed by atoms with van der Waals surface area (Å²) < 4.78 is 16.7. The van der Waals surface area contributed by atoms with Gasteiger partial charge in [0.05, 0.1) is 30.0 Å². The highest BCUT2D eigenvalue weighted by atomic mass is 16.5. The highest BCUT2D eigenvalue weighted by Crippen LogP contribution is 2.28. The second-order valence-corrected chi connectivity index (χ2v) is 8.20. The molecule has 1 N–H and O–H groups in total. The molecule has 1 fully saturated rings. The zero-order valence-corrected chi connectivity index (χ0v) is 18.9. The van der Waals surface area contributed by atoms with Crippen molar-refractivity contribution < 1.29 is 18.8 Å². The second kappa shape index (κ2) is 10.6. The number of rotatable bonds is 9. The van der Waals surface area contributed by atoms with Crippen LogP contribution in [0.4, 0.5) is 0 Å². The van der Waals surface area contributed by atoms with Gasteiger partial charge in [0.25, 0.3) is 5.91 Å². The maximum absolute atomic E-state index is 13.0. The minimum Gasteiger partial charge on any atom is -0.488 e. The fourth-order valence-corrected chi connectivity index (χ4v) is 3.96. The number of carbonyl (C=O) groups excluding carboxylic acids is 1. The number of ether oxygens (including phenoxy) is 2. The molecule has 0 bridgehead atoms. The first kappa shape index (κ1) is 22.3. The van der Waals surface area contributed by atoms with E-state index in [2.05, 4.69) is 15.4 Å². The summed E-state index contributed by atoms with van der Waals surface area (Å²) in [4.78, 5) is 15.4. The Balaban J connectivity index is 1.40. The molecule has 1 saturated heterocycles. The Kier molecular flexibility index (Phi) is 7.39. The Morgan fingerprint density at radius 2 is 1.88 bits per heavy atom. The summed E-state index contributed by atoms with van der Waals surface area (Å²) in [5, 5.41) is 9.09. The number of unbranched alkanes of at least 4 members (excludes halogenated alkanes) is 1. The number of nitrogens with one attached hydrogen (secondary N) is 1. The van der Waals surface area contributed by atoms with Crippen LogP contribution in [0.15, 0.2) is 40.9 Å². The third kappa shape index (κ3) is 5.47. The number of morpholine rings is 1. The number of carbonyl (C=O) groups is 1. The van der Waals surface area contributed by atoms with E-state index < -0.39 is 0 Å². The number of amides is 1. The van der Waals surface area contributed by atoms with E-state index in [1.807, 2.05) is 50.2 Å². The molecule has 0 saturated carbocycles. The molecule has 0 atom stereocenters. The summed E-state index contributed by atoms with van der Waals surface area (Å²) in [5.41, 5.74) is 2.26. The lowest BCUT2D eigenvalue weighted by molar-refractivity contribution is 0.0372. The molecule has 170 valence electrons. The van der Waals surface area contributed by atoms with Crippen LogP contribution in [-0.2, 0) is 11.3 Å². The number of benzene rings is 2. The van der Waals surface area contributed by atoms with Crippen molar-refractivity contribution >= 4 is 16.7 Å². The predicted molar refractivity (Wildman–Crippen MR) is 123 cm³/mol. The second-order valence-electron chi connectivity index (χ2n) is 8.20. The summed E-state index contributed by atoms with van der Waals surface area (Å²) in [7, 11) is 0. The summed E-state index contributed by atoms with van der Waals surface area (Å²) in [6.07, 6.45) is 1.99. The van der Waals surface area contributed by atoms with Gasteiger partial charge >= 0.3 is 0 Å². The maximum atomic E-state index is 13.0. The molecule has 3 aromatic rings. The van der Waals surface area contributed by atoms with E-state index >= 15 is 0 Å². The van der Waals surface area contributed by atoms with Crippen molar-refractivity contribution in [2.45, 2.75) is 33.3 Å². The van der Waals surface area contributed by atoms with E-state index in [-0.39, 0.29) is 5.91 Å². The topological polar surface area (TPSA) is 76.8 Å². The van der Waals surface area contributed by atoms with Gasteiger partial charge < -0.3 is 19.3 Å². The number of hydrogen-bond donors (Lipinski definition) is 1. The Bertz CT molecular complexity index is 1040. The van der Waals surface area contributed by atoms with Crippen LogP contribution in [-0.4, -0.2) is 55.4 Å². The van der Waals surface area contributed by atoms with Crippen LogP contribution in [0.25, 0.3) is 10.8 Å². The minimum atomic E-state index is -0.115. The van der Waals surface area contributed by atoms with Gasteiger partial charge in [0.2, 0.25) is 0 Å². The molecule has 1 amide bonds. The van der Waals surface area contributed by atoms with Gasteiger partial charge in [-0.1, -0.05) is 29.4 Å².